The third-order valence-electron chi connectivity index (χ3n) is 5.74. The summed E-state index contributed by atoms with van der Waals surface area (Å²) in [4.78, 5) is 32.8. The number of thiazole rings is 1. The van der Waals surface area contributed by atoms with E-state index in [9.17, 15) is 9.59 Å². The Hall–Kier alpha value is -3.06. The van der Waals surface area contributed by atoms with Gasteiger partial charge in [-0.25, -0.2) is 9.67 Å². The van der Waals surface area contributed by atoms with Crippen LogP contribution < -0.4 is 5.56 Å². The fourth-order valence-electron chi connectivity index (χ4n) is 4.19. The van der Waals surface area contributed by atoms with Crippen molar-refractivity contribution in [2.45, 2.75) is 32.2 Å². The third kappa shape index (κ3) is 3.19. The Morgan fingerprint density at radius 3 is 2.70 bits per heavy atom. The van der Waals surface area contributed by atoms with Crippen molar-refractivity contribution in [1.29, 1.82) is 0 Å². The van der Waals surface area contributed by atoms with Gasteiger partial charge in [-0.3, -0.25) is 9.59 Å². The number of aryl methyl sites for hydroxylation is 1. The maximum Gasteiger partial charge on any atom is 0.274 e. The zero-order valence-electron chi connectivity index (χ0n) is 16.7. The molecule has 1 fully saturated rings. The number of hydrogen-bond donors (Lipinski definition) is 0. The van der Waals surface area contributed by atoms with E-state index in [4.69, 9.17) is 4.98 Å². The van der Waals surface area contributed by atoms with Crippen molar-refractivity contribution >= 4 is 38.2 Å². The van der Waals surface area contributed by atoms with E-state index in [2.05, 4.69) is 11.2 Å². The smallest absolute Gasteiger partial charge is 0.274 e. The number of piperidine rings is 1. The zero-order valence-corrected chi connectivity index (χ0v) is 17.6. The van der Waals surface area contributed by atoms with E-state index in [-0.39, 0.29) is 17.4 Å². The summed E-state index contributed by atoms with van der Waals surface area (Å²) in [7, 11) is 0. The molecule has 0 saturated carbocycles. The van der Waals surface area contributed by atoms with Gasteiger partial charge < -0.3 is 4.90 Å². The lowest BCUT2D eigenvalue weighted by Gasteiger charge is -2.31. The molecule has 1 atom stereocenters. The number of para-hydroxylation sites is 1. The third-order valence-corrected chi connectivity index (χ3v) is 6.94. The fourth-order valence-corrected chi connectivity index (χ4v) is 5.28. The molecule has 6 nitrogen and oxygen atoms in total. The van der Waals surface area contributed by atoms with E-state index >= 15 is 0 Å². The molecule has 0 bridgehead atoms. The normalized spacial score (nSPS) is 17.0. The first kappa shape index (κ1) is 18.9. The summed E-state index contributed by atoms with van der Waals surface area (Å²) in [5, 5.41) is 6.68. The van der Waals surface area contributed by atoms with Crippen molar-refractivity contribution < 1.29 is 4.79 Å². The van der Waals surface area contributed by atoms with Gasteiger partial charge >= 0.3 is 0 Å². The molecular formula is C23H22N4O2S. The van der Waals surface area contributed by atoms with Gasteiger partial charge in [-0.15, -0.1) is 11.3 Å². The summed E-state index contributed by atoms with van der Waals surface area (Å²) < 4.78 is 2.56. The highest BCUT2D eigenvalue weighted by Crippen LogP contribution is 2.33. The molecule has 3 heterocycles. The summed E-state index contributed by atoms with van der Waals surface area (Å²) in [6, 6.07) is 15.4. The largest absolute Gasteiger partial charge is 0.337 e. The Morgan fingerprint density at radius 1 is 1.13 bits per heavy atom. The standard InChI is InChI=1S/C23H22N4O2S/c1-2-27-22(28)17-10-4-3-9-16(17)20(25-27)23(29)26-13-7-8-15(14-26)21-24-18-11-5-6-12-19(18)30-21/h3-6,9-12,15H,2,7-8,13-14H2,1H3. The van der Waals surface area contributed by atoms with Gasteiger partial charge in [-0.05, 0) is 38.0 Å². The van der Waals surface area contributed by atoms with E-state index in [0.717, 1.165) is 23.4 Å². The molecule has 1 aliphatic heterocycles. The number of benzene rings is 2. The number of likely N-dealkylation sites (tertiary alicyclic amines) is 1. The van der Waals surface area contributed by atoms with Crippen LogP contribution in [0.2, 0.25) is 0 Å². The van der Waals surface area contributed by atoms with E-state index in [0.29, 0.717) is 36.1 Å². The predicted octanol–water partition coefficient (Wildman–Crippen LogP) is 4.05. The number of amides is 1. The van der Waals surface area contributed by atoms with E-state index in [1.54, 1.807) is 17.4 Å². The summed E-state index contributed by atoms with van der Waals surface area (Å²) in [5.41, 5.74) is 1.22. The average Bonchev–Trinajstić information content (AvgIpc) is 3.24. The highest BCUT2D eigenvalue weighted by atomic mass is 32.1. The molecule has 2 aromatic carbocycles. The van der Waals surface area contributed by atoms with Crippen LogP contribution in [0.15, 0.2) is 53.3 Å². The van der Waals surface area contributed by atoms with Crippen LogP contribution in [0.25, 0.3) is 21.0 Å². The van der Waals surface area contributed by atoms with Crippen LogP contribution in [-0.4, -0.2) is 38.7 Å². The van der Waals surface area contributed by atoms with Gasteiger partial charge in [0.25, 0.3) is 11.5 Å². The van der Waals surface area contributed by atoms with Gasteiger partial charge in [0.05, 0.1) is 20.6 Å². The summed E-state index contributed by atoms with van der Waals surface area (Å²) >= 11 is 1.71. The highest BCUT2D eigenvalue weighted by molar-refractivity contribution is 7.18. The van der Waals surface area contributed by atoms with Crippen molar-refractivity contribution in [3.8, 4) is 0 Å². The quantitative estimate of drug-likeness (QED) is 0.503. The van der Waals surface area contributed by atoms with E-state index in [1.165, 1.54) is 9.38 Å². The minimum Gasteiger partial charge on any atom is -0.337 e. The van der Waals surface area contributed by atoms with Crippen molar-refractivity contribution in [2.24, 2.45) is 0 Å². The van der Waals surface area contributed by atoms with E-state index < -0.39 is 0 Å². The molecule has 1 aliphatic rings. The molecule has 30 heavy (non-hydrogen) atoms. The Bertz CT molecular complexity index is 1280. The Balaban J connectivity index is 1.49. The first-order valence-electron chi connectivity index (χ1n) is 10.3. The molecule has 0 aliphatic carbocycles. The first-order chi connectivity index (χ1) is 14.7. The number of aromatic nitrogens is 3. The van der Waals surface area contributed by atoms with Crippen LogP contribution in [0, 0.1) is 0 Å². The van der Waals surface area contributed by atoms with Crippen molar-refractivity contribution in [3.05, 3.63) is 69.6 Å². The van der Waals surface area contributed by atoms with Crippen LogP contribution in [0.5, 0.6) is 0 Å². The van der Waals surface area contributed by atoms with Crippen molar-refractivity contribution in [1.82, 2.24) is 19.7 Å². The van der Waals surface area contributed by atoms with E-state index in [1.807, 2.05) is 48.2 Å². The zero-order chi connectivity index (χ0) is 20.7. The topological polar surface area (TPSA) is 68.1 Å². The monoisotopic (exact) mass is 418 g/mol. The van der Waals surface area contributed by atoms with Crippen LogP contribution in [0.3, 0.4) is 0 Å². The fraction of sp³-hybridized carbons (Fsp3) is 0.304. The lowest BCUT2D eigenvalue weighted by atomic mass is 9.98. The molecule has 1 amide bonds. The van der Waals surface area contributed by atoms with Gasteiger partial charge in [0.1, 0.15) is 0 Å². The first-order valence-corrected chi connectivity index (χ1v) is 11.1. The second-order valence-electron chi connectivity index (χ2n) is 7.63. The molecule has 0 radical (unpaired) electrons. The van der Waals surface area contributed by atoms with Crippen molar-refractivity contribution in [3.63, 3.8) is 0 Å². The molecule has 1 unspecified atom stereocenters. The Labute approximate surface area is 177 Å². The molecule has 0 spiro atoms. The molecule has 1 saturated heterocycles. The number of carbonyl (C=O) groups is 1. The average molecular weight is 419 g/mol. The van der Waals surface area contributed by atoms with Crippen LogP contribution in [0.1, 0.15) is 41.2 Å². The van der Waals surface area contributed by atoms with Crippen LogP contribution in [0.4, 0.5) is 0 Å². The van der Waals surface area contributed by atoms with Crippen molar-refractivity contribution in [2.75, 3.05) is 13.1 Å². The number of fused-ring (bicyclic) bond motifs is 2. The van der Waals surface area contributed by atoms with Crippen LogP contribution >= 0.6 is 11.3 Å². The van der Waals surface area contributed by atoms with Gasteiger partial charge in [-0.1, -0.05) is 30.3 Å². The van der Waals surface area contributed by atoms with Crippen LogP contribution in [-0.2, 0) is 6.54 Å². The summed E-state index contributed by atoms with van der Waals surface area (Å²) in [6.45, 7) is 3.61. The molecule has 0 N–H and O–H groups in total. The minimum absolute atomic E-state index is 0.112. The molecule has 4 aromatic rings. The second-order valence-corrected chi connectivity index (χ2v) is 8.69. The minimum atomic E-state index is -0.157. The van der Waals surface area contributed by atoms with Gasteiger partial charge in [0, 0.05) is 30.9 Å². The lowest BCUT2D eigenvalue weighted by molar-refractivity contribution is 0.0700. The lowest BCUT2D eigenvalue weighted by Crippen LogP contribution is -2.40. The molecule has 5 rings (SSSR count). The Kier molecular flexibility index (Phi) is 4.83. The number of nitrogens with zero attached hydrogens (tertiary/aromatic N) is 4. The summed E-state index contributed by atoms with van der Waals surface area (Å²) in [5.74, 6) is 0.114. The second kappa shape index (κ2) is 7.65. The highest BCUT2D eigenvalue weighted by Gasteiger charge is 2.29. The molecular weight excluding hydrogens is 396 g/mol. The molecule has 7 heteroatoms. The SMILES string of the molecule is CCn1nc(C(=O)N2CCCC(c3nc4ccccc4s3)C2)c2ccccc2c1=O. The maximum absolute atomic E-state index is 13.5. The van der Waals surface area contributed by atoms with Gasteiger partial charge in [-0.2, -0.15) is 5.10 Å². The number of carbonyl (C=O) groups excluding carboxylic acids is 1. The summed E-state index contributed by atoms with van der Waals surface area (Å²) in [6.07, 6.45) is 1.95. The van der Waals surface area contributed by atoms with Gasteiger partial charge in [0.2, 0.25) is 0 Å². The maximum atomic E-state index is 13.5. The predicted molar refractivity (Wildman–Crippen MR) is 119 cm³/mol. The number of hydrogen-bond acceptors (Lipinski definition) is 5. The molecule has 2 aromatic heterocycles. The molecule has 152 valence electrons. The number of rotatable bonds is 3. The Morgan fingerprint density at radius 2 is 1.90 bits per heavy atom. The van der Waals surface area contributed by atoms with Gasteiger partial charge in [0.15, 0.2) is 5.69 Å².